The van der Waals surface area contributed by atoms with Crippen LogP contribution in [0.4, 0.5) is 5.69 Å². The van der Waals surface area contributed by atoms with Crippen molar-refractivity contribution in [2.24, 2.45) is 0 Å². The number of carbonyl (C=O) groups excluding carboxylic acids is 1. The minimum atomic E-state index is -0.0796. The van der Waals surface area contributed by atoms with Gasteiger partial charge in [0.2, 0.25) is 5.91 Å². The summed E-state index contributed by atoms with van der Waals surface area (Å²) in [6, 6.07) is 12.2. The zero-order valence-electron chi connectivity index (χ0n) is 12.6. The van der Waals surface area contributed by atoms with Gasteiger partial charge in [-0.15, -0.1) is 0 Å². The SMILES string of the molecule is COc1cccc(NC(=O)CCCOc2ccc(Cl)cc2Cl)c1. The lowest BCUT2D eigenvalue weighted by Gasteiger charge is -2.09. The zero-order chi connectivity index (χ0) is 16.7. The third kappa shape index (κ3) is 5.66. The van der Waals surface area contributed by atoms with Crippen LogP contribution >= 0.6 is 23.2 Å². The van der Waals surface area contributed by atoms with Crippen molar-refractivity contribution in [2.75, 3.05) is 19.0 Å². The molecule has 2 rings (SSSR count). The Kier molecular flexibility index (Phi) is 6.56. The topological polar surface area (TPSA) is 47.6 Å². The molecule has 0 aliphatic carbocycles. The number of rotatable bonds is 7. The summed E-state index contributed by atoms with van der Waals surface area (Å²) >= 11 is 11.8. The van der Waals surface area contributed by atoms with Crippen molar-refractivity contribution >= 4 is 34.8 Å². The highest BCUT2D eigenvalue weighted by Crippen LogP contribution is 2.27. The highest BCUT2D eigenvalue weighted by molar-refractivity contribution is 6.35. The van der Waals surface area contributed by atoms with Crippen LogP contribution in [0.3, 0.4) is 0 Å². The first-order chi connectivity index (χ1) is 11.1. The maximum Gasteiger partial charge on any atom is 0.224 e. The average Bonchev–Trinajstić information content (AvgIpc) is 2.53. The van der Waals surface area contributed by atoms with Gasteiger partial charge in [-0.3, -0.25) is 4.79 Å². The number of hydrogen-bond donors (Lipinski definition) is 1. The summed E-state index contributed by atoms with van der Waals surface area (Å²) in [4.78, 5) is 11.9. The first-order valence-electron chi connectivity index (χ1n) is 7.10. The Bertz CT molecular complexity index is 677. The molecule has 0 saturated carbocycles. The molecule has 122 valence electrons. The first-order valence-corrected chi connectivity index (χ1v) is 7.86. The largest absolute Gasteiger partial charge is 0.497 e. The van der Waals surface area contributed by atoms with Gasteiger partial charge in [-0.1, -0.05) is 29.3 Å². The Balaban J connectivity index is 1.74. The second kappa shape index (κ2) is 8.65. The molecule has 23 heavy (non-hydrogen) atoms. The van der Waals surface area contributed by atoms with Crippen molar-refractivity contribution in [3.63, 3.8) is 0 Å². The third-order valence-electron chi connectivity index (χ3n) is 3.05. The Morgan fingerprint density at radius 3 is 2.74 bits per heavy atom. The van der Waals surface area contributed by atoms with E-state index in [0.29, 0.717) is 46.7 Å². The van der Waals surface area contributed by atoms with E-state index in [1.807, 2.05) is 18.2 Å². The fraction of sp³-hybridized carbons (Fsp3) is 0.235. The van der Waals surface area contributed by atoms with E-state index >= 15 is 0 Å². The molecule has 0 aromatic heterocycles. The summed E-state index contributed by atoms with van der Waals surface area (Å²) in [5, 5.41) is 3.83. The number of halogens is 2. The second-order valence-electron chi connectivity index (χ2n) is 4.81. The number of benzene rings is 2. The molecule has 4 nitrogen and oxygen atoms in total. The lowest BCUT2D eigenvalue weighted by molar-refractivity contribution is -0.116. The molecule has 0 heterocycles. The van der Waals surface area contributed by atoms with Gasteiger partial charge in [0.15, 0.2) is 0 Å². The van der Waals surface area contributed by atoms with Crippen molar-refractivity contribution < 1.29 is 14.3 Å². The molecule has 2 aromatic rings. The molecule has 1 amide bonds. The van der Waals surface area contributed by atoms with E-state index in [4.69, 9.17) is 32.7 Å². The van der Waals surface area contributed by atoms with E-state index in [1.54, 1.807) is 31.4 Å². The molecule has 0 aliphatic rings. The minimum Gasteiger partial charge on any atom is -0.497 e. The average molecular weight is 354 g/mol. The Morgan fingerprint density at radius 2 is 2.00 bits per heavy atom. The monoisotopic (exact) mass is 353 g/mol. The smallest absolute Gasteiger partial charge is 0.224 e. The van der Waals surface area contributed by atoms with Gasteiger partial charge in [0, 0.05) is 23.2 Å². The highest BCUT2D eigenvalue weighted by atomic mass is 35.5. The molecular weight excluding hydrogens is 337 g/mol. The van der Waals surface area contributed by atoms with Crippen molar-refractivity contribution in [3.8, 4) is 11.5 Å². The maximum absolute atomic E-state index is 11.9. The van der Waals surface area contributed by atoms with Gasteiger partial charge in [-0.05, 0) is 36.8 Å². The number of amides is 1. The molecule has 6 heteroatoms. The van der Waals surface area contributed by atoms with E-state index in [2.05, 4.69) is 5.32 Å². The summed E-state index contributed by atoms with van der Waals surface area (Å²) in [5.41, 5.74) is 0.705. The van der Waals surface area contributed by atoms with Crippen molar-refractivity contribution in [3.05, 3.63) is 52.5 Å². The van der Waals surface area contributed by atoms with Crippen molar-refractivity contribution in [1.82, 2.24) is 0 Å². The summed E-state index contributed by atoms with van der Waals surface area (Å²) in [6.07, 6.45) is 0.928. The summed E-state index contributed by atoms with van der Waals surface area (Å²) in [7, 11) is 1.58. The normalized spacial score (nSPS) is 10.2. The van der Waals surface area contributed by atoms with E-state index in [1.165, 1.54) is 0 Å². The molecular formula is C17H17Cl2NO3. The van der Waals surface area contributed by atoms with Gasteiger partial charge in [-0.2, -0.15) is 0 Å². The molecule has 0 aliphatic heterocycles. The van der Waals surface area contributed by atoms with E-state index in [-0.39, 0.29) is 5.91 Å². The van der Waals surface area contributed by atoms with Gasteiger partial charge >= 0.3 is 0 Å². The number of ether oxygens (including phenoxy) is 2. The van der Waals surface area contributed by atoms with Gasteiger partial charge in [0.25, 0.3) is 0 Å². The van der Waals surface area contributed by atoms with E-state index in [0.717, 1.165) is 0 Å². The molecule has 0 spiro atoms. The number of carbonyl (C=O) groups is 1. The lowest BCUT2D eigenvalue weighted by atomic mass is 10.2. The zero-order valence-corrected chi connectivity index (χ0v) is 14.2. The van der Waals surface area contributed by atoms with E-state index < -0.39 is 0 Å². The first kappa shape index (κ1) is 17.4. The predicted octanol–water partition coefficient (Wildman–Crippen LogP) is 4.80. The number of hydrogen-bond acceptors (Lipinski definition) is 3. The minimum absolute atomic E-state index is 0.0796. The molecule has 0 fully saturated rings. The fourth-order valence-corrected chi connectivity index (χ4v) is 2.39. The Labute approximate surface area is 145 Å². The number of methoxy groups -OCH3 is 1. The molecule has 0 bridgehead atoms. The van der Waals surface area contributed by atoms with Crippen LogP contribution in [0.5, 0.6) is 11.5 Å². The third-order valence-corrected chi connectivity index (χ3v) is 3.58. The van der Waals surface area contributed by atoms with Crippen LogP contribution in [-0.4, -0.2) is 19.6 Å². The predicted molar refractivity (Wildman–Crippen MR) is 92.8 cm³/mol. The fourth-order valence-electron chi connectivity index (χ4n) is 1.93. The summed E-state index contributed by atoms with van der Waals surface area (Å²) in [6.45, 7) is 0.396. The molecule has 0 unspecified atom stereocenters. The Morgan fingerprint density at radius 1 is 1.17 bits per heavy atom. The maximum atomic E-state index is 11.9. The molecule has 0 saturated heterocycles. The molecule has 0 radical (unpaired) electrons. The van der Waals surface area contributed by atoms with Crippen molar-refractivity contribution in [2.45, 2.75) is 12.8 Å². The quantitative estimate of drug-likeness (QED) is 0.727. The van der Waals surface area contributed by atoms with Crippen LogP contribution in [0.2, 0.25) is 10.0 Å². The number of anilines is 1. The summed E-state index contributed by atoms with van der Waals surface area (Å²) < 4.78 is 10.6. The van der Waals surface area contributed by atoms with Crippen LogP contribution in [-0.2, 0) is 4.79 Å². The van der Waals surface area contributed by atoms with Gasteiger partial charge in [0.05, 0.1) is 18.7 Å². The van der Waals surface area contributed by atoms with Crippen LogP contribution < -0.4 is 14.8 Å². The molecule has 1 N–H and O–H groups in total. The van der Waals surface area contributed by atoms with Crippen LogP contribution in [0.15, 0.2) is 42.5 Å². The van der Waals surface area contributed by atoms with Gasteiger partial charge in [0.1, 0.15) is 11.5 Å². The van der Waals surface area contributed by atoms with Gasteiger partial charge in [-0.25, -0.2) is 0 Å². The highest BCUT2D eigenvalue weighted by Gasteiger charge is 2.05. The Hall–Kier alpha value is -1.91. The van der Waals surface area contributed by atoms with Crippen LogP contribution in [0.1, 0.15) is 12.8 Å². The van der Waals surface area contributed by atoms with Crippen LogP contribution in [0.25, 0.3) is 0 Å². The second-order valence-corrected chi connectivity index (χ2v) is 5.65. The van der Waals surface area contributed by atoms with E-state index in [9.17, 15) is 4.79 Å². The summed E-state index contributed by atoms with van der Waals surface area (Å²) in [5.74, 6) is 1.18. The lowest BCUT2D eigenvalue weighted by Crippen LogP contribution is -2.12. The molecule has 2 aromatic carbocycles. The van der Waals surface area contributed by atoms with Gasteiger partial charge < -0.3 is 14.8 Å². The van der Waals surface area contributed by atoms with Crippen molar-refractivity contribution in [1.29, 1.82) is 0 Å². The number of nitrogens with one attached hydrogen (secondary N) is 1. The standard InChI is InChI=1S/C17H17Cl2NO3/c1-22-14-5-2-4-13(11-14)20-17(21)6-3-9-23-16-8-7-12(18)10-15(16)19/h2,4-5,7-8,10-11H,3,6,9H2,1H3,(H,20,21). The molecule has 0 atom stereocenters. The van der Waals surface area contributed by atoms with Crippen LogP contribution in [0, 0.1) is 0 Å².